The number of aryl methyl sites for hydroxylation is 1. The van der Waals surface area contributed by atoms with Crippen molar-refractivity contribution in [2.75, 3.05) is 11.9 Å². The van der Waals surface area contributed by atoms with Gasteiger partial charge in [-0.1, -0.05) is 32.9 Å². The van der Waals surface area contributed by atoms with Crippen LogP contribution in [0.3, 0.4) is 0 Å². The van der Waals surface area contributed by atoms with Crippen molar-refractivity contribution in [3.63, 3.8) is 0 Å². The molecule has 0 aliphatic rings. The van der Waals surface area contributed by atoms with Gasteiger partial charge in [0.1, 0.15) is 0 Å². The number of amides is 2. The minimum absolute atomic E-state index is 0.107. The Hall–Kier alpha value is -2.74. The van der Waals surface area contributed by atoms with E-state index in [1.165, 1.54) is 18.5 Å². The molecule has 0 saturated heterocycles. The molecule has 2 aromatic rings. The lowest BCUT2D eigenvalue weighted by molar-refractivity contribution is -0.123. The molecule has 8 heteroatoms. The van der Waals surface area contributed by atoms with E-state index in [0.717, 1.165) is 5.56 Å². The summed E-state index contributed by atoms with van der Waals surface area (Å²) in [4.78, 5) is 29.2. The predicted molar refractivity (Wildman–Crippen MR) is 117 cm³/mol. The monoisotopic (exact) mass is 431 g/mol. The zero-order valence-corrected chi connectivity index (χ0v) is 19.1. The number of nitrogens with one attached hydrogen (secondary N) is 2. The second kappa shape index (κ2) is 8.55. The number of hydrogen-bond donors (Lipinski definition) is 2. The first kappa shape index (κ1) is 23.5. The quantitative estimate of drug-likeness (QED) is 0.730. The molecule has 0 fully saturated rings. The lowest BCUT2D eigenvalue weighted by Gasteiger charge is -2.26. The van der Waals surface area contributed by atoms with Crippen LogP contribution in [0.2, 0.25) is 0 Å². The number of carbonyl (C=O) groups is 2. The maximum Gasteiger partial charge on any atom is 0.255 e. The number of hydrogen-bond acceptors (Lipinski definition) is 5. The first-order valence-electron chi connectivity index (χ1n) is 9.61. The fraction of sp³-hybridized carbons (Fsp3) is 0.409. The second-order valence-electron chi connectivity index (χ2n) is 8.89. The molecular weight excluding hydrogens is 402 g/mol. The Balaban J connectivity index is 2.20. The van der Waals surface area contributed by atoms with E-state index >= 15 is 0 Å². The first-order chi connectivity index (χ1) is 13.8. The van der Waals surface area contributed by atoms with E-state index in [4.69, 9.17) is 0 Å². The van der Waals surface area contributed by atoms with Crippen molar-refractivity contribution < 1.29 is 18.0 Å². The third-order valence-corrected chi connectivity index (χ3v) is 7.17. The molecule has 2 N–H and O–H groups in total. The molecule has 30 heavy (non-hydrogen) atoms. The highest BCUT2D eigenvalue weighted by atomic mass is 32.2. The highest BCUT2D eigenvalue weighted by Crippen LogP contribution is 2.26. The second-order valence-corrected chi connectivity index (χ2v) is 11.5. The van der Waals surface area contributed by atoms with E-state index in [-0.39, 0.29) is 22.9 Å². The minimum atomic E-state index is -3.69. The van der Waals surface area contributed by atoms with Gasteiger partial charge >= 0.3 is 0 Å². The molecule has 2 amide bonds. The number of carbonyl (C=O) groups excluding carboxylic acids is 2. The Labute approximate surface area is 178 Å². The van der Waals surface area contributed by atoms with Gasteiger partial charge in [0.05, 0.1) is 20.9 Å². The Kier molecular flexibility index (Phi) is 6.71. The van der Waals surface area contributed by atoms with Crippen molar-refractivity contribution in [2.45, 2.75) is 51.2 Å². The van der Waals surface area contributed by atoms with Crippen LogP contribution in [-0.4, -0.2) is 36.5 Å². The third-order valence-electron chi connectivity index (χ3n) is 4.70. The molecule has 1 aromatic heterocycles. The molecule has 2 rings (SSSR count). The van der Waals surface area contributed by atoms with Crippen LogP contribution in [0.5, 0.6) is 0 Å². The molecule has 0 spiro atoms. The van der Waals surface area contributed by atoms with Gasteiger partial charge < -0.3 is 10.6 Å². The molecule has 7 nitrogen and oxygen atoms in total. The maximum absolute atomic E-state index is 13.1. The largest absolute Gasteiger partial charge is 0.350 e. The summed E-state index contributed by atoms with van der Waals surface area (Å²) in [6, 6.07) is 8.21. The molecule has 0 bridgehead atoms. The van der Waals surface area contributed by atoms with Gasteiger partial charge in [0.15, 0.2) is 9.84 Å². The van der Waals surface area contributed by atoms with Gasteiger partial charge in [-0.25, -0.2) is 8.42 Å². The minimum Gasteiger partial charge on any atom is -0.350 e. The summed E-state index contributed by atoms with van der Waals surface area (Å²) in [7, 11) is -3.69. The number of pyridine rings is 1. The third kappa shape index (κ3) is 5.24. The van der Waals surface area contributed by atoms with Crippen molar-refractivity contribution >= 4 is 27.3 Å². The lowest BCUT2D eigenvalue weighted by atomic mass is 9.95. The fourth-order valence-corrected chi connectivity index (χ4v) is 4.08. The summed E-state index contributed by atoms with van der Waals surface area (Å²) >= 11 is 0. The Morgan fingerprint density at radius 1 is 1.07 bits per heavy atom. The highest BCUT2D eigenvalue weighted by Gasteiger charge is 2.36. The van der Waals surface area contributed by atoms with Gasteiger partial charge in [-0.05, 0) is 44.5 Å². The fourth-order valence-electron chi connectivity index (χ4n) is 2.58. The standard InChI is InChI=1S/C22H29N3O4S/c1-15-8-7-9-16(12-15)30(28,29)22(5,6)14-24-19(26)17-13-23-11-10-18(17)25-20(27)21(2,3)4/h7-13H,14H2,1-6H3,(H,24,26)(H,23,25,27). The summed E-state index contributed by atoms with van der Waals surface area (Å²) in [6.07, 6.45) is 2.82. The number of sulfone groups is 1. The molecule has 1 aromatic carbocycles. The van der Waals surface area contributed by atoms with E-state index in [2.05, 4.69) is 15.6 Å². The van der Waals surface area contributed by atoms with Gasteiger partial charge in [0.2, 0.25) is 5.91 Å². The predicted octanol–water partition coefficient (Wildman–Crippen LogP) is 3.36. The summed E-state index contributed by atoms with van der Waals surface area (Å²) < 4.78 is 24.9. The van der Waals surface area contributed by atoms with Crippen LogP contribution in [0.15, 0.2) is 47.6 Å². The topological polar surface area (TPSA) is 105 Å². The van der Waals surface area contributed by atoms with Gasteiger partial charge in [-0.3, -0.25) is 14.6 Å². The summed E-state index contributed by atoms with van der Waals surface area (Å²) in [5, 5.41) is 5.41. The number of benzene rings is 1. The van der Waals surface area contributed by atoms with Crippen molar-refractivity contribution in [2.24, 2.45) is 5.41 Å². The van der Waals surface area contributed by atoms with Gasteiger partial charge in [-0.2, -0.15) is 0 Å². The van der Waals surface area contributed by atoms with E-state index in [1.54, 1.807) is 52.8 Å². The van der Waals surface area contributed by atoms with Crippen LogP contribution < -0.4 is 10.6 Å². The summed E-state index contributed by atoms with van der Waals surface area (Å²) in [5.74, 6) is -0.759. The molecule has 1 heterocycles. The van der Waals surface area contributed by atoms with E-state index < -0.39 is 25.9 Å². The van der Waals surface area contributed by atoms with Crippen molar-refractivity contribution in [1.29, 1.82) is 0 Å². The van der Waals surface area contributed by atoms with Crippen LogP contribution in [0, 0.1) is 12.3 Å². The Morgan fingerprint density at radius 2 is 1.73 bits per heavy atom. The van der Waals surface area contributed by atoms with Crippen LogP contribution in [-0.2, 0) is 14.6 Å². The maximum atomic E-state index is 13.1. The van der Waals surface area contributed by atoms with Gasteiger partial charge in [0.25, 0.3) is 5.91 Å². The molecule has 162 valence electrons. The summed E-state index contributed by atoms with van der Waals surface area (Å²) in [5.41, 5.74) is 0.687. The zero-order chi connectivity index (χ0) is 22.7. The molecule has 0 aliphatic heterocycles. The zero-order valence-electron chi connectivity index (χ0n) is 18.2. The Morgan fingerprint density at radius 3 is 2.33 bits per heavy atom. The van der Waals surface area contributed by atoms with Crippen molar-refractivity contribution in [3.8, 4) is 0 Å². The molecule has 0 atom stereocenters. The van der Waals surface area contributed by atoms with E-state index in [1.807, 2.05) is 13.0 Å². The number of nitrogens with zero attached hydrogens (tertiary/aromatic N) is 1. The van der Waals surface area contributed by atoms with E-state index in [9.17, 15) is 18.0 Å². The normalized spacial score (nSPS) is 12.3. The SMILES string of the molecule is Cc1cccc(S(=O)(=O)C(C)(C)CNC(=O)c2cnccc2NC(=O)C(C)(C)C)c1. The van der Waals surface area contributed by atoms with Crippen molar-refractivity contribution in [3.05, 3.63) is 53.9 Å². The van der Waals surface area contributed by atoms with Gasteiger partial charge in [0, 0.05) is 24.4 Å². The van der Waals surface area contributed by atoms with Crippen LogP contribution in [0.4, 0.5) is 5.69 Å². The highest BCUT2D eigenvalue weighted by molar-refractivity contribution is 7.92. The molecule has 0 radical (unpaired) electrons. The molecule has 0 aliphatic carbocycles. The molecule has 0 unspecified atom stereocenters. The van der Waals surface area contributed by atoms with Gasteiger partial charge in [-0.15, -0.1) is 0 Å². The van der Waals surface area contributed by atoms with Crippen molar-refractivity contribution in [1.82, 2.24) is 10.3 Å². The molecule has 0 saturated carbocycles. The van der Waals surface area contributed by atoms with E-state index in [0.29, 0.717) is 5.69 Å². The summed E-state index contributed by atoms with van der Waals surface area (Å²) in [6.45, 7) is 10.1. The lowest BCUT2D eigenvalue weighted by Crippen LogP contribution is -2.44. The van der Waals surface area contributed by atoms with Crippen LogP contribution in [0.25, 0.3) is 0 Å². The van der Waals surface area contributed by atoms with Crippen LogP contribution >= 0.6 is 0 Å². The average molecular weight is 432 g/mol. The van der Waals surface area contributed by atoms with Crippen LogP contribution in [0.1, 0.15) is 50.5 Å². The first-order valence-corrected chi connectivity index (χ1v) is 11.1. The Bertz CT molecular complexity index is 1050. The molecular formula is C22H29N3O4S. The average Bonchev–Trinajstić information content (AvgIpc) is 2.65. The number of anilines is 1. The number of rotatable bonds is 6. The smallest absolute Gasteiger partial charge is 0.255 e. The number of aromatic nitrogens is 1.